The second-order valence-electron chi connectivity index (χ2n) is 6.29. The molecule has 0 spiro atoms. The standard InChI is InChI=1S/C18H25NO4/c1-12(13-8-10-16(23-3)11-9-13)19(2)17(20)14-4-6-15(7-5-14)18(21)22/h8-12,14-15H,4-7H2,1-3H3,(H,21,22). The van der Waals surface area contributed by atoms with E-state index in [4.69, 9.17) is 9.84 Å². The second kappa shape index (κ2) is 7.49. The molecule has 0 aliphatic heterocycles. The van der Waals surface area contributed by atoms with Crippen LogP contribution >= 0.6 is 0 Å². The minimum Gasteiger partial charge on any atom is -0.497 e. The van der Waals surface area contributed by atoms with E-state index in [2.05, 4.69) is 0 Å². The van der Waals surface area contributed by atoms with Crippen molar-refractivity contribution in [1.82, 2.24) is 4.90 Å². The van der Waals surface area contributed by atoms with Crippen LogP contribution in [-0.4, -0.2) is 36.0 Å². The average molecular weight is 319 g/mol. The number of rotatable bonds is 5. The summed E-state index contributed by atoms with van der Waals surface area (Å²) in [6.45, 7) is 2.00. The monoisotopic (exact) mass is 319 g/mol. The van der Waals surface area contributed by atoms with Crippen LogP contribution in [-0.2, 0) is 9.59 Å². The Balaban J connectivity index is 1.97. The van der Waals surface area contributed by atoms with Gasteiger partial charge in [0, 0.05) is 13.0 Å². The zero-order chi connectivity index (χ0) is 17.0. The molecule has 0 radical (unpaired) electrons. The molecule has 1 amide bonds. The Morgan fingerprint density at radius 2 is 1.65 bits per heavy atom. The summed E-state index contributed by atoms with van der Waals surface area (Å²) in [5.41, 5.74) is 1.06. The molecule has 5 heteroatoms. The van der Waals surface area contributed by atoms with Crippen molar-refractivity contribution < 1.29 is 19.4 Å². The predicted molar refractivity (Wildman–Crippen MR) is 87.3 cm³/mol. The number of amides is 1. The highest BCUT2D eigenvalue weighted by Gasteiger charge is 2.32. The average Bonchev–Trinajstić information content (AvgIpc) is 2.60. The first kappa shape index (κ1) is 17.3. The van der Waals surface area contributed by atoms with Gasteiger partial charge in [0.15, 0.2) is 0 Å². The SMILES string of the molecule is COc1ccc(C(C)N(C)C(=O)C2CCC(C(=O)O)CC2)cc1. The second-order valence-corrected chi connectivity index (χ2v) is 6.29. The van der Waals surface area contributed by atoms with Gasteiger partial charge in [-0.25, -0.2) is 0 Å². The Labute approximate surface area is 137 Å². The molecule has 1 aromatic rings. The fourth-order valence-corrected chi connectivity index (χ4v) is 3.17. The van der Waals surface area contributed by atoms with E-state index in [1.807, 2.05) is 38.2 Å². The van der Waals surface area contributed by atoms with E-state index in [1.165, 1.54) is 0 Å². The molecule has 1 N–H and O–H groups in total. The normalized spacial score (nSPS) is 22.2. The molecule has 23 heavy (non-hydrogen) atoms. The number of ether oxygens (including phenoxy) is 1. The van der Waals surface area contributed by atoms with E-state index < -0.39 is 5.97 Å². The number of aliphatic carboxylic acids is 1. The first-order chi connectivity index (χ1) is 10.9. The summed E-state index contributed by atoms with van der Waals surface area (Å²) in [4.78, 5) is 25.4. The Hall–Kier alpha value is -2.04. The maximum atomic E-state index is 12.7. The Morgan fingerprint density at radius 1 is 1.13 bits per heavy atom. The largest absolute Gasteiger partial charge is 0.497 e. The fourth-order valence-electron chi connectivity index (χ4n) is 3.17. The van der Waals surface area contributed by atoms with Crippen molar-refractivity contribution in [2.75, 3.05) is 14.2 Å². The molecular weight excluding hydrogens is 294 g/mol. The van der Waals surface area contributed by atoms with Crippen LogP contribution in [0.15, 0.2) is 24.3 Å². The quantitative estimate of drug-likeness (QED) is 0.905. The number of methoxy groups -OCH3 is 1. The molecule has 0 saturated heterocycles. The third kappa shape index (κ3) is 4.03. The van der Waals surface area contributed by atoms with Crippen molar-refractivity contribution in [3.05, 3.63) is 29.8 Å². The van der Waals surface area contributed by atoms with Gasteiger partial charge in [0.2, 0.25) is 5.91 Å². The number of nitrogens with zero attached hydrogens (tertiary/aromatic N) is 1. The van der Waals surface area contributed by atoms with Crippen LogP contribution in [0.25, 0.3) is 0 Å². The van der Waals surface area contributed by atoms with Gasteiger partial charge < -0.3 is 14.7 Å². The van der Waals surface area contributed by atoms with E-state index in [0.717, 1.165) is 11.3 Å². The fraction of sp³-hybridized carbons (Fsp3) is 0.556. The number of carbonyl (C=O) groups excluding carboxylic acids is 1. The molecule has 1 aliphatic rings. The van der Waals surface area contributed by atoms with Crippen molar-refractivity contribution in [2.24, 2.45) is 11.8 Å². The first-order valence-corrected chi connectivity index (χ1v) is 8.07. The third-order valence-electron chi connectivity index (χ3n) is 4.95. The summed E-state index contributed by atoms with van der Waals surface area (Å²) in [6, 6.07) is 7.69. The van der Waals surface area contributed by atoms with Crippen LogP contribution in [0.5, 0.6) is 5.75 Å². The van der Waals surface area contributed by atoms with Crippen LogP contribution in [0, 0.1) is 11.8 Å². The van der Waals surface area contributed by atoms with Crippen LogP contribution in [0.4, 0.5) is 0 Å². The molecule has 0 bridgehead atoms. The highest BCUT2D eigenvalue weighted by Crippen LogP contribution is 2.32. The van der Waals surface area contributed by atoms with Gasteiger partial charge in [0.05, 0.1) is 19.1 Å². The van der Waals surface area contributed by atoms with Gasteiger partial charge in [-0.05, 0) is 50.3 Å². The molecular formula is C18H25NO4. The van der Waals surface area contributed by atoms with Gasteiger partial charge in [-0.2, -0.15) is 0 Å². The molecule has 1 aliphatic carbocycles. The highest BCUT2D eigenvalue weighted by molar-refractivity contribution is 5.79. The molecule has 1 aromatic carbocycles. The van der Waals surface area contributed by atoms with E-state index in [9.17, 15) is 9.59 Å². The van der Waals surface area contributed by atoms with E-state index in [-0.39, 0.29) is 23.8 Å². The Bertz CT molecular complexity index is 547. The van der Waals surface area contributed by atoms with Crippen LogP contribution in [0.1, 0.15) is 44.2 Å². The third-order valence-corrected chi connectivity index (χ3v) is 4.95. The summed E-state index contributed by atoms with van der Waals surface area (Å²) in [5, 5.41) is 9.05. The van der Waals surface area contributed by atoms with Crippen molar-refractivity contribution in [2.45, 2.75) is 38.6 Å². The van der Waals surface area contributed by atoms with Gasteiger partial charge in [-0.15, -0.1) is 0 Å². The molecule has 1 atom stereocenters. The first-order valence-electron chi connectivity index (χ1n) is 8.07. The summed E-state index contributed by atoms with van der Waals surface area (Å²) < 4.78 is 5.15. The minimum absolute atomic E-state index is 0.0226. The topological polar surface area (TPSA) is 66.8 Å². The molecule has 5 nitrogen and oxygen atoms in total. The predicted octanol–water partition coefficient (Wildman–Crippen LogP) is 3.11. The lowest BCUT2D eigenvalue weighted by Crippen LogP contribution is -2.37. The van der Waals surface area contributed by atoms with E-state index in [0.29, 0.717) is 25.7 Å². The number of hydrogen-bond donors (Lipinski definition) is 1. The number of carboxylic acid groups (broad SMARTS) is 1. The Morgan fingerprint density at radius 3 is 2.13 bits per heavy atom. The van der Waals surface area contributed by atoms with Gasteiger partial charge in [0.1, 0.15) is 5.75 Å². The molecule has 1 fully saturated rings. The van der Waals surface area contributed by atoms with Crippen molar-refractivity contribution >= 4 is 11.9 Å². The summed E-state index contributed by atoms with van der Waals surface area (Å²) in [5.74, 6) is -0.186. The molecule has 1 saturated carbocycles. The molecule has 1 unspecified atom stereocenters. The summed E-state index contributed by atoms with van der Waals surface area (Å²) in [7, 11) is 3.45. The highest BCUT2D eigenvalue weighted by atomic mass is 16.5. The number of benzene rings is 1. The molecule has 0 aromatic heterocycles. The zero-order valence-electron chi connectivity index (χ0n) is 14.0. The van der Waals surface area contributed by atoms with Crippen LogP contribution in [0.2, 0.25) is 0 Å². The Kier molecular flexibility index (Phi) is 5.64. The maximum absolute atomic E-state index is 12.7. The molecule has 2 rings (SSSR count). The van der Waals surface area contributed by atoms with Gasteiger partial charge in [-0.1, -0.05) is 12.1 Å². The lowest BCUT2D eigenvalue weighted by molar-refractivity contribution is -0.145. The minimum atomic E-state index is -0.740. The lowest BCUT2D eigenvalue weighted by Gasteiger charge is -2.32. The summed E-state index contributed by atoms with van der Waals surface area (Å²) in [6.07, 6.45) is 2.51. The van der Waals surface area contributed by atoms with Crippen molar-refractivity contribution in [3.8, 4) is 5.75 Å². The maximum Gasteiger partial charge on any atom is 0.306 e. The number of carboxylic acids is 1. The van der Waals surface area contributed by atoms with Crippen LogP contribution in [0.3, 0.4) is 0 Å². The lowest BCUT2D eigenvalue weighted by atomic mass is 9.81. The molecule has 126 valence electrons. The number of carbonyl (C=O) groups is 2. The molecule has 0 heterocycles. The van der Waals surface area contributed by atoms with Gasteiger partial charge >= 0.3 is 5.97 Å². The van der Waals surface area contributed by atoms with Gasteiger partial charge in [0.25, 0.3) is 0 Å². The van der Waals surface area contributed by atoms with Crippen LogP contribution < -0.4 is 4.74 Å². The van der Waals surface area contributed by atoms with E-state index in [1.54, 1.807) is 12.0 Å². The zero-order valence-corrected chi connectivity index (χ0v) is 14.0. The van der Waals surface area contributed by atoms with Crippen molar-refractivity contribution in [3.63, 3.8) is 0 Å². The van der Waals surface area contributed by atoms with Gasteiger partial charge in [-0.3, -0.25) is 9.59 Å². The number of hydrogen-bond acceptors (Lipinski definition) is 3. The van der Waals surface area contributed by atoms with E-state index >= 15 is 0 Å². The summed E-state index contributed by atoms with van der Waals surface area (Å²) >= 11 is 0. The van der Waals surface area contributed by atoms with Crippen molar-refractivity contribution in [1.29, 1.82) is 0 Å². The smallest absolute Gasteiger partial charge is 0.306 e.